The molecule has 0 aliphatic heterocycles. The predicted octanol–water partition coefficient (Wildman–Crippen LogP) is 2.84. The van der Waals surface area contributed by atoms with E-state index in [4.69, 9.17) is 17.0 Å². The molecule has 4 nitrogen and oxygen atoms in total. The van der Waals surface area contributed by atoms with Crippen LogP contribution in [0.4, 0.5) is 5.69 Å². The average Bonchev–Trinajstić information content (AvgIpc) is 2.79. The topological polar surface area (TPSA) is 39.1 Å². The second-order valence-electron chi connectivity index (χ2n) is 3.82. The van der Waals surface area contributed by atoms with E-state index in [-0.39, 0.29) is 0 Å². The highest BCUT2D eigenvalue weighted by Gasteiger charge is 2.06. The molecule has 0 aliphatic carbocycles. The van der Waals surface area contributed by atoms with Crippen molar-refractivity contribution in [3.05, 3.63) is 42.2 Å². The summed E-state index contributed by atoms with van der Waals surface area (Å²) in [5, 5.41) is 7.81. The van der Waals surface area contributed by atoms with Gasteiger partial charge in [0.2, 0.25) is 0 Å². The summed E-state index contributed by atoms with van der Waals surface area (Å²) in [7, 11) is 0. The van der Waals surface area contributed by atoms with Crippen molar-refractivity contribution >= 4 is 23.0 Å². The number of aromatic nitrogens is 2. The molecule has 0 radical (unpaired) electrons. The first-order valence-corrected chi connectivity index (χ1v) is 6.16. The number of para-hydroxylation sites is 2. The number of nitrogens with zero attached hydrogens (tertiary/aromatic N) is 2. The van der Waals surface area contributed by atoms with Crippen molar-refractivity contribution < 1.29 is 4.74 Å². The fraction of sp³-hybridized carbons (Fsp3) is 0.231. The summed E-state index contributed by atoms with van der Waals surface area (Å²) < 4.78 is 7.16. The van der Waals surface area contributed by atoms with Crippen molar-refractivity contribution in [2.24, 2.45) is 0 Å². The average molecular weight is 261 g/mol. The van der Waals surface area contributed by atoms with Gasteiger partial charge < -0.3 is 10.1 Å². The SMILES string of the molecule is CCOc1ccccc1NC(=S)n1cc(C)cn1. The molecule has 1 aromatic heterocycles. The van der Waals surface area contributed by atoms with Crippen LogP contribution in [0.15, 0.2) is 36.7 Å². The maximum Gasteiger partial charge on any atom is 0.198 e. The van der Waals surface area contributed by atoms with Gasteiger partial charge in [-0.25, -0.2) is 4.68 Å². The van der Waals surface area contributed by atoms with E-state index in [2.05, 4.69) is 10.4 Å². The number of hydrogen-bond donors (Lipinski definition) is 1. The van der Waals surface area contributed by atoms with Gasteiger partial charge in [0, 0.05) is 6.20 Å². The molecule has 1 N–H and O–H groups in total. The molecule has 0 saturated heterocycles. The Morgan fingerprint density at radius 2 is 2.22 bits per heavy atom. The number of thiocarbonyl (C=S) groups is 1. The van der Waals surface area contributed by atoms with E-state index >= 15 is 0 Å². The number of benzene rings is 1. The smallest absolute Gasteiger partial charge is 0.198 e. The zero-order valence-electron chi connectivity index (χ0n) is 10.4. The maximum atomic E-state index is 5.53. The summed E-state index contributed by atoms with van der Waals surface area (Å²) in [4.78, 5) is 0. The Kier molecular flexibility index (Phi) is 3.94. The number of ether oxygens (including phenoxy) is 1. The lowest BCUT2D eigenvalue weighted by Gasteiger charge is -2.12. The monoisotopic (exact) mass is 261 g/mol. The van der Waals surface area contributed by atoms with Gasteiger partial charge in [0.05, 0.1) is 18.5 Å². The van der Waals surface area contributed by atoms with Crippen LogP contribution in [0.25, 0.3) is 0 Å². The Labute approximate surface area is 112 Å². The van der Waals surface area contributed by atoms with Gasteiger partial charge in [-0.1, -0.05) is 12.1 Å². The molecule has 2 aromatic rings. The molecule has 0 unspecified atom stereocenters. The van der Waals surface area contributed by atoms with E-state index in [1.807, 2.05) is 44.3 Å². The molecule has 0 spiro atoms. The van der Waals surface area contributed by atoms with Crippen molar-refractivity contribution in [2.75, 3.05) is 11.9 Å². The first-order chi connectivity index (χ1) is 8.70. The zero-order chi connectivity index (χ0) is 13.0. The highest BCUT2D eigenvalue weighted by molar-refractivity contribution is 7.80. The summed E-state index contributed by atoms with van der Waals surface area (Å²) in [5.74, 6) is 0.784. The van der Waals surface area contributed by atoms with Gasteiger partial charge >= 0.3 is 0 Å². The number of rotatable bonds is 3. The van der Waals surface area contributed by atoms with Gasteiger partial charge in [0.1, 0.15) is 5.75 Å². The van der Waals surface area contributed by atoms with E-state index in [0.29, 0.717) is 11.7 Å². The number of hydrogen-bond acceptors (Lipinski definition) is 3. The maximum absolute atomic E-state index is 5.53. The molecule has 1 heterocycles. The second kappa shape index (κ2) is 5.64. The van der Waals surface area contributed by atoms with Crippen LogP contribution < -0.4 is 10.1 Å². The van der Waals surface area contributed by atoms with Crippen LogP contribution in [-0.2, 0) is 0 Å². The van der Waals surface area contributed by atoms with Crippen LogP contribution in [0.1, 0.15) is 12.5 Å². The third-order valence-electron chi connectivity index (χ3n) is 2.35. The predicted molar refractivity (Wildman–Crippen MR) is 76.2 cm³/mol. The lowest BCUT2D eigenvalue weighted by Crippen LogP contribution is -2.19. The van der Waals surface area contributed by atoms with Crippen LogP contribution >= 0.6 is 12.2 Å². The fourth-order valence-corrected chi connectivity index (χ4v) is 1.76. The normalized spacial score (nSPS) is 10.1. The van der Waals surface area contributed by atoms with E-state index in [1.165, 1.54) is 0 Å². The molecule has 0 saturated carbocycles. The van der Waals surface area contributed by atoms with E-state index in [0.717, 1.165) is 17.0 Å². The summed E-state index contributed by atoms with van der Waals surface area (Å²) >= 11 is 5.29. The molecule has 0 aliphatic rings. The third kappa shape index (κ3) is 2.87. The quantitative estimate of drug-likeness (QED) is 0.862. The highest BCUT2D eigenvalue weighted by Crippen LogP contribution is 2.23. The first-order valence-electron chi connectivity index (χ1n) is 5.75. The van der Waals surface area contributed by atoms with Gasteiger partial charge in [0.25, 0.3) is 0 Å². The van der Waals surface area contributed by atoms with Crippen LogP contribution in [0.3, 0.4) is 0 Å². The van der Waals surface area contributed by atoms with Gasteiger partial charge in [0.15, 0.2) is 5.11 Å². The van der Waals surface area contributed by atoms with Crippen molar-refractivity contribution in [3.8, 4) is 5.75 Å². The minimum absolute atomic E-state index is 0.523. The lowest BCUT2D eigenvalue weighted by atomic mass is 10.3. The minimum atomic E-state index is 0.523. The fourth-order valence-electron chi connectivity index (χ4n) is 1.55. The van der Waals surface area contributed by atoms with E-state index in [1.54, 1.807) is 10.9 Å². The standard InChI is InChI=1S/C13H15N3OS/c1-3-17-12-7-5-4-6-11(12)15-13(18)16-9-10(2)8-14-16/h4-9H,3H2,1-2H3,(H,15,18). The molecule has 0 atom stereocenters. The van der Waals surface area contributed by atoms with Gasteiger partial charge in [-0.2, -0.15) is 5.10 Å². The highest BCUT2D eigenvalue weighted by atomic mass is 32.1. The van der Waals surface area contributed by atoms with Crippen molar-refractivity contribution in [1.29, 1.82) is 0 Å². The van der Waals surface area contributed by atoms with Crippen molar-refractivity contribution in [3.63, 3.8) is 0 Å². The molecular formula is C13H15N3OS. The molecule has 18 heavy (non-hydrogen) atoms. The van der Waals surface area contributed by atoms with Crippen LogP contribution in [0, 0.1) is 6.92 Å². The third-order valence-corrected chi connectivity index (χ3v) is 2.64. The molecule has 0 amide bonds. The summed E-state index contributed by atoms with van der Waals surface area (Å²) in [6.45, 7) is 4.54. The Morgan fingerprint density at radius 3 is 2.89 bits per heavy atom. The number of anilines is 1. The zero-order valence-corrected chi connectivity index (χ0v) is 11.2. The minimum Gasteiger partial charge on any atom is -0.492 e. The van der Waals surface area contributed by atoms with Crippen LogP contribution in [0.5, 0.6) is 5.75 Å². The number of aryl methyl sites for hydroxylation is 1. The van der Waals surface area contributed by atoms with E-state index < -0.39 is 0 Å². The first kappa shape index (κ1) is 12.6. The largest absolute Gasteiger partial charge is 0.492 e. The molecule has 1 aromatic carbocycles. The Morgan fingerprint density at radius 1 is 1.44 bits per heavy atom. The Bertz CT molecular complexity index is 551. The summed E-state index contributed by atoms with van der Waals surface area (Å²) in [6.07, 6.45) is 3.64. The van der Waals surface area contributed by atoms with Crippen LogP contribution in [0.2, 0.25) is 0 Å². The van der Waals surface area contributed by atoms with Crippen molar-refractivity contribution in [1.82, 2.24) is 9.78 Å². The summed E-state index contributed by atoms with van der Waals surface area (Å²) in [6, 6.07) is 7.69. The van der Waals surface area contributed by atoms with Gasteiger partial charge in [-0.3, -0.25) is 0 Å². The molecule has 94 valence electrons. The van der Waals surface area contributed by atoms with Gasteiger partial charge in [-0.15, -0.1) is 0 Å². The molecular weight excluding hydrogens is 246 g/mol. The molecule has 2 rings (SSSR count). The Balaban J connectivity index is 2.16. The van der Waals surface area contributed by atoms with Crippen LogP contribution in [-0.4, -0.2) is 21.5 Å². The second-order valence-corrected chi connectivity index (χ2v) is 4.21. The van der Waals surface area contributed by atoms with Crippen molar-refractivity contribution in [2.45, 2.75) is 13.8 Å². The van der Waals surface area contributed by atoms with Gasteiger partial charge in [-0.05, 0) is 43.8 Å². The Hall–Kier alpha value is -1.88. The summed E-state index contributed by atoms with van der Waals surface area (Å²) in [5.41, 5.74) is 1.91. The lowest BCUT2D eigenvalue weighted by molar-refractivity contribution is 0.342. The molecule has 0 bridgehead atoms. The molecule has 0 fully saturated rings. The van der Waals surface area contributed by atoms with E-state index in [9.17, 15) is 0 Å². The number of nitrogens with one attached hydrogen (secondary N) is 1. The molecule has 5 heteroatoms.